The third-order valence-corrected chi connectivity index (χ3v) is 3.14. The van der Waals surface area contributed by atoms with Crippen LogP contribution in [0.1, 0.15) is 44.7 Å². The number of nitrogens with two attached hydrogens (primary N) is 1. The highest BCUT2D eigenvalue weighted by Crippen LogP contribution is 2.23. The van der Waals surface area contributed by atoms with Gasteiger partial charge < -0.3 is 9.47 Å². The first kappa shape index (κ1) is 16.0. The minimum absolute atomic E-state index is 0.00479. The van der Waals surface area contributed by atoms with Crippen LogP contribution in [0.15, 0.2) is 24.3 Å². The average Bonchev–Trinajstić information content (AvgIpc) is 2.46. The molecule has 0 radical (unpaired) electrons. The first-order valence-electron chi connectivity index (χ1n) is 6.98. The third kappa shape index (κ3) is 4.82. The number of ether oxygens (including phenoxy) is 2. The van der Waals surface area contributed by atoms with E-state index < -0.39 is 0 Å². The van der Waals surface area contributed by atoms with Crippen molar-refractivity contribution in [1.29, 1.82) is 0 Å². The molecule has 0 spiro atoms. The molecular weight excluding hydrogens is 240 g/mol. The molecule has 3 N–H and O–H groups in total. The van der Waals surface area contributed by atoms with E-state index in [1.54, 1.807) is 7.11 Å². The van der Waals surface area contributed by atoms with Crippen molar-refractivity contribution in [2.75, 3.05) is 13.7 Å². The van der Waals surface area contributed by atoms with E-state index in [0.29, 0.717) is 0 Å². The van der Waals surface area contributed by atoms with Crippen molar-refractivity contribution in [3.8, 4) is 5.75 Å². The van der Waals surface area contributed by atoms with Crippen LogP contribution < -0.4 is 16.0 Å². The van der Waals surface area contributed by atoms with Gasteiger partial charge in [0.2, 0.25) is 0 Å². The molecule has 0 heterocycles. The number of hydrogen-bond acceptors (Lipinski definition) is 4. The monoisotopic (exact) mass is 266 g/mol. The zero-order chi connectivity index (χ0) is 14.1. The smallest absolute Gasteiger partial charge is 0.119 e. The van der Waals surface area contributed by atoms with E-state index in [2.05, 4.69) is 19.3 Å². The highest BCUT2D eigenvalue weighted by molar-refractivity contribution is 5.29. The van der Waals surface area contributed by atoms with Crippen molar-refractivity contribution in [3.63, 3.8) is 0 Å². The molecule has 4 heteroatoms. The van der Waals surface area contributed by atoms with E-state index in [1.807, 2.05) is 24.3 Å². The van der Waals surface area contributed by atoms with Gasteiger partial charge in [0.1, 0.15) is 5.75 Å². The Morgan fingerprint density at radius 1 is 1.16 bits per heavy atom. The second-order valence-electron chi connectivity index (χ2n) is 4.62. The highest BCUT2D eigenvalue weighted by Gasteiger charge is 2.21. The van der Waals surface area contributed by atoms with Crippen LogP contribution >= 0.6 is 0 Å². The summed E-state index contributed by atoms with van der Waals surface area (Å²) in [7, 11) is 1.73. The Kier molecular flexibility index (Phi) is 7.48. The highest BCUT2D eigenvalue weighted by atomic mass is 16.5. The summed E-state index contributed by atoms with van der Waals surface area (Å²) >= 11 is 0. The zero-order valence-electron chi connectivity index (χ0n) is 12.2. The van der Waals surface area contributed by atoms with Crippen molar-refractivity contribution >= 4 is 0 Å². The predicted octanol–water partition coefficient (Wildman–Crippen LogP) is 2.79. The molecule has 0 amide bonds. The van der Waals surface area contributed by atoms with Crippen molar-refractivity contribution in [2.45, 2.75) is 45.3 Å². The lowest BCUT2D eigenvalue weighted by Gasteiger charge is -2.25. The molecule has 0 fully saturated rings. The predicted molar refractivity (Wildman–Crippen MR) is 78.0 cm³/mol. The van der Waals surface area contributed by atoms with Gasteiger partial charge in [0.25, 0.3) is 0 Å². The van der Waals surface area contributed by atoms with Crippen LogP contribution in [0.4, 0.5) is 0 Å². The summed E-state index contributed by atoms with van der Waals surface area (Å²) in [6.07, 6.45) is 3.13. The molecule has 108 valence electrons. The SMILES string of the molecule is CCCOc1ccc(C(NN)C(CCC)OC)cc1. The number of hydrogen-bond donors (Lipinski definition) is 2. The Balaban J connectivity index is 2.75. The van der Waals surface area contributed by atoms with Crippen LogP contribution in [0.25, 0.3) is 0 Å². The van der Waals surface area contributed by atoms with Gasteiger partial charge in [0, 0.05) is 7.11 Å². The van der Waals surface area contributed by atoms with Gasteiger partial charge in [-0.1, -0.05) is 32.4 Å². The Labute approximate surface area is 116 Å². The Bertz CT molecular complexity index is 341. The Morgan fingerprint density at radius 2 is 1.84 bits per heavy atom. The normalized spacial score (nSPS) is 14.1. The lowest BCUT2D eigenvalue weighted by atomic mass is 9.98. The van der Waals surface area contributed by atoms with Gasteiger partial charge in [-0.2, -0.15) is 0 Å². The van der Waals surface area contributed by atoms with Crippen molar-refractivity contribution in [2.24, 2.45) is 5.84 Å². The van der Waals surface area contributed by atoms with E-state index in [1.165, 1.54) is 0 Å². The molecular formula is C15H26N2O2. The summed E-state index contributed by atoms with van der Waals surface area (Å²) < 4.78 is 11.1. The first-order chi connectivity index (χ1) is 9.26. The molecule has 19 heavy (non-hydrogen) atoms. The van der Waals surface area contributed by atoms with Gasteiger partial charge >= 0.3 is 0 Å². The average molecular weight is 266 g/mol. The van der Waals surface area contributed by atoms with Gasteiger partial charge in [0.15, 0.2) is 0 Å². The van der Waals surface area contributed by atoms with Crippen molar-refractivity contribution in [1.82, 2.24) is 5.43 Å². The Morgan fingerprint density at radius 3 is 2.32 bits per heavy atom. The summed E-state index contributed by atoms with van der Waals surface area (Å²) in [5.41, 5.74) is 3.97. The van der Waals surface area contributed by atoms with Gasteiger partial charge in [-0.05, 0) is 30.5 Å². The first-order valence-corrected chi connectivity index (χ1v) is 6.98. The van der Waals surface area contributed by atoms with Gasteiger partial charge in [-0.15, -0.1) is 0 Å². The lowest BCUT2D eigenvalue weighted by Crippen LogP contribution is -2.37. The quantitative estimate of drug-likeness (QED) is 0.533. The topological polar surface area (TPSA) is 56.5 Å². The molecule has 2 unspecified atom stereocenters. The number of hydrazine groups is 1. The summed E-state index contributed by atoms with van der Waals surface area (Å²) in [6, 6.07) is 8.04. The molecule has 0 aliphatic rings. The molecule has 0 saturated carbocycles. The maximum atomic E-state index is 5.67. The van der Waals surface area contributed by atoms with E-state index in [9.17, 15) is 0 Å². The summed E-state index contributed by atoms with van der Waals surface area (Å²) in [5.74, 6) is 6.56. The summed E-state index contributed by atoms with van der Waals surface area (Å²) in [5, 5.41) is 0. The number of rotatable bonds is 9. The molecule has 0 saturated heterocycles. The van der Waals surface area contributed by atoms with E-state index in [-0.39, 0.29) is 12.1 Å². The minimum Gasteiger partial charge on any atom is -0.494 e. The van der Waals surface area contributed by atoms with E-state index >= 15 is 0 Å². The minimum atomic E-state index is 0.00479. The fourth-order valence-electron chi connectivity index (χ4n) is 2.11. The molecule has 4 nitrogen and oxygen atoms in total. The van der Waals surface area contributed by atoms with Crippen molar-refractivity contribution < 1.29 is 9.47 Å². The molecule has 0 aromatic heterocycles. The molecule has 1 aromatic rings. The standard InChI is InChI=1S/C15H26N2O2/c1-4-6-14(18-3)15(17-16)12-7-9-13(10-8-12)19-11-5-2/h7-10,14-15,17H,4-6,11,16H2,1-3H3. The van der Waals surface area contributed by atoms with E-state index in [0.717, 1.165) is 37.2 Å². The largest absolute Gasteiger partial charge is 0.494 e. The van der Waals surface area contributed by atoms with Crippen LogP contribution in [0.3, 0.4) is 0 Å². The summed E-state index contributed by atoms with van der Waals surface area (Å²) in [4.78, 5) is 0. The summed E-state index contributed by atoms with van der Waals surface area (Å²) in [6.45, 7) is 4.98. The molecule has 2 atom stereocenters. The number of benzene rings is 1. The maximum Gasteiger partial charge on any atom is 0.119 e. The van der Waals surface area contributed by atoms with E-state index in [4.69, 9.17) is 15.3 Å². The van der Waals surface area contributed by atoms with Gasteiger partial charge in [-0.3, -0.25) is 11.3 Å². The lowest BCUT2D eigenvalue weighted by molar-refractivity contribution is 0.0606. The van der Waals surface area contributed by atoms with Gasteiger partial charge in [0.05, 0.1) is 18.8 Å². The molecule has 0 bridgehead atoms. The second-order valence-corrected chi connectivity index (χ2v) is 4.62. The van der Waals surface area contributed by atoms with Crippen LogP contribution in [0.5, 0.6) is 5.75 Å². The number of methoxy groups -OCH3 is 1. The third-order valence-electron chi connectivity index (χ3n) is 3.14. The second kappa shape index (κ2) is 8.91. The number of nitrogens with one attached hydrogen (secondary N) is 1. The van der Waals surface area contributed by atoms with Crippen molar-refractivity contribution in [3.05, 3.63) is 29.8 Å². The molecule has 1 rings (SSSR count). The fraction of sp³-hybridized carbons (Fsp3) is 0.600. The molecule has 1 aromatic carbocycles. The Hall–Kier alpha value is -1.10. The fourth-order valence-corrected chi connectivity index (χ4v) is 2.11. The maximum absolute atomic E-state index is 5.67. The molecule has 0 aliphatic carbocycles. The van der Waals surface area contributed by atoms with Crippen LogP contribution in [-0.4, -0.2) is 19.8 Å². The van der Waals surface area contributed by atoms with Crippen LogP contribution in [-0.2, 0) is 4.74 Å². The van der Waals surface area contributed by atoms with Crippen LogP contribution in [0, 0.1) is 0 Å². The zero-order valence-corrected chi connectivity index (χ0v) is 12.2. The van der Waals surface area contributed by atoms with Gasteiger partial charge in [-0.25, -0.2) is 0 Å². The van der Waals surface area contributed by atoms with Crippen LogP contribution in [0.2, 0.25) is 0 Å². The molecule has 0 aliphatic heterocycles.